The number of non-ortho nitro benzene ring substituents is 1. The van der Waals surface area contributed by atoms with Crippen LogP contribution in [-0.4, -0.2) is 54.8 Å². The van der Waals surface area contributed by atoms with Gasteiger partial charge in [0.25, 0.3) is 5.69 Å². The number of rotatable bonds is 8. The molecule has 8 heteroatoms. The quantitative estimate of drug-likeness (QED) is 0.400. The fourth-order valence-corrected chi connectivity index (χ4v) is 3.86. The number of benzene rings is 2. The van der Waals surface area contributed by atoms with Gasteiger partial charge >= 0.3 is 0 Å². The first-order chi connectivity index (χ1) is 15.1. The van der Waals surface area contributed by atoms with Crippen LogP contribution in [0.5, 0.6) is 5.75 Å². The number of nitro groups is 1. The Bertz CT molecular complexity index is 1030. The van der Waals surface area contributed by atoms with Crippen molar-refractivity contribution in [2.24, 2.45) is 0 Å². The van der Waals surface area contributed by atoms with Gasteiger partial charge in [-0.2, -0.15) is 0 Å². The molecule has 1 aliphatic rings. The molecule has 4 rings (SSSR count). The number of piperazine rings is 1. The lowest BCUT2D eigenvalue weighted by Crippen LogP contribution is -2.46. The Morgan fingerprint density at radius 2 is 1.90 bits per heavy atom. The number of hydrogen-bond donors (Lipinski definition) is 0. The van der Waals surface area contributed by atoms with Crippen molar-refractivity contribution in [2.75, 3.05) is 44.7 Å². The summed E-state index contributed by atoms with van der Waals surface area (Å²) in [6, 6.07) is 16.5. The third-order valence-corrected chi connectivity index (χ3v) is 5.60. The average molecular weight is 422 g/mol. The van der Waals surface area contributed by atoms with Gasteiger partial charge in [0.1, 0.15) is 17.2 Å². The summed E-state index contributed by atoms with van der Waals surface area (Å²) in [5.41, 5.74) is 2.58. The third kappa shape index (κ3) is 5.21. The van der Waals surface area contributed by atoms with Crippen molar-refractivity contribution in [3.05, 3.63) is 70.5 Å². The van der Waals surface area contributed by atoms with Gasteiger partial charge in [-0.25, -0.2) is 0 Å². The maximum Gasteiger partial charge on any atom is 0.270 e. The van der Waals surface area contributed by atoms with Crippen LogP contribution >= 0.6 is 0 Å². The van der Waals surface area contributed by atoms with E-state index in [0.717, 1.165) is 57.1 Å². The van der Waals surface area contributed by atoms with E-state index >= 15 is 0 Å². The van der Waals surface area contributed by atoms with Crippen LogP contribution in [0.15, 0.2) is 59.1 Å². The zero-order chi connectivity index (χ0) is 21.6. The van der Waals surface area contributed by atoms with Crippen molar-refractivity contribution in [3.63, 3.8) is 0 Å². The highest BCUT2D eigenvalue weighted by atomic mass is 16.6. The maximum atomic E-state index is 11.0. The molecule has 31 heavy (non-hydrogen) atoms. The van der Waals surface area contributed by atoms with Gasteiger partial charge in [-0.3, -0.25) is 15.0 Å². The van der Waals surface area contributed by atoms with Gasteiger partial charge in [0, 0.05) is 68.1 Å². The van der Waals surface area contributed by atoms with Crippen LogP contribution < -0.4 is 9.64 Å². The highest BCUT2D eigenvalue weighted by molar-refractivity contribution is 5.62. The summed E-state index contributed by atoms with van der Waals surface area (Å²) in [5, 5.41) is 15.0. The van der Waals surface area contributed by atoms with Crippen LogP contribution in [0.1, 0.15) is 12.2 Å². The molecule has 0 amide bonds. The zero-order valence-electron chi connectivity index (χ0n) is 17.6. The van der Waals surface area contributed by atoms with E-state index in [2.05, 4.69) is 27.1 Å². The maximum absolute atomic E-state index is 11.0. The molecule has 0 bridgehead atoms. The highest BCUT2D eigenvalue weighted by Crippen LogP contribution is 2.24. The van der Waals surface area contributed by atoms with E-state index in [0.29, 0.717) is 11.3 Å². The SMILES string of the molecule is COc1cccc(N2CCN(CCCc3cc(-c4cccc([N+](=O)[O-])c4)no3)CC2)c1. The van der Waals surface area contributed by atoms with Gasteiger partial charge in [0.2, 0.25) is 0 Å². The minimum atomic E-state index is -0.404. The highest BCUT2D eigenvalue weighted by Gasteiger charge is 2.18. The largest absolute Gasteiger partial charge is 0.497 e. The Balaban J connectivity index is 1.24. The molecule has 0 saturated carbocycles. The molecule has 0 spiro atoms. The Kier molecular flexibility index (Phi) is 6.47. The van der Waals surface area contributed by atoms with Gasteiger partial charge < -0.3 is 14.2 Å². The van der Waals surface area contributed by atoms with E-state index < -0.39 is 4.92 Å². The summed E-state index contributed by atoms with van der Waals surface area (Å²) in [7, 11) is 1.69. The van der Waals surface area contributed by atoms with E-state index in [1.165, 1.54) is 17.8 Å². The first-order valence-corrected chi connectivity index (χ1v) is 10.4. The normalized spacial score (nSPS) is 14.5. The lowest BCUT2D eigenvalue weighted by atomic mass is 10.1. The van der Waals surface area contributed by atoms with E-state index in [1.54, 1.807) is 19.2 Å². The number of hydrogen-bond acceptors (Lipinski definition) is 7. The van der Waals surface area contributed by atoms with Gasteiger partial charge in [-0.1, -0.05) is 23.4 Å². The smallest absolute Gasteiger partial charge is 0.270 e. The zero-order valence-corrected chi connectivity index (χ0v) is 17.6. The monoisotopic (exact) mass is 422 g/mol. The lowest BCUT2D eigenvalue weighted by molar-refractivity contribution is -0.384. The fourth-order valence-electron chi connectivity index (χ4n) is 3.86. The molecule has 0 radical (unpaired) electrons. The predicted molar refractivity (Wildman–Crippen MR) is 119 cm³/mol. The van der Waals surface area contributed by atoms with Crippen molar-refractivity contribution < 1.29 is 14.2 Å². The van der Waals surface area contributed by atoms with Crippen LogP contribution in [0, 0.1) is 10.1 Å². The molecule has 3 aromatic rings. The molecular weight excluding hydrogens is 396 g/mol. The molecule has 2 heterocycles. The number of aromatic nitrogens is 1. The minimum absolute atomic E-state index is 0.0511. The van der Waals surface area contributed by atoms with E-state index in [1.807, 2.05) is 18.2 Å². The first kappa shape index (κ1) is 20.9. The molecule has 1 aromatic heterocycles. The van der Waals surface area contributed by atoms with Crippen molar-refractivity contribution in [1.29, 1.82) is 0 Å². The van der Waals surface area contributed by atoms with Gasteiger partial charge in [-0.15, -0.1) is 0 Å². The molecule has 8 nitrogen and oxygen atoms in total. The molecule has 1 saturated heterocycles. The lowest BCUT2D eigenvalue weighted by Gasteiger charge is -2.36. The molecule has 2 aromatic carbocycles. The van der Waals surface area contributed by atoms with Crippen LogP contribution in [0.2, 0.25) is 0 Å². The first-order valence-electron chi connectivity index (χ1n) is 10.4. The summed E-state index contributed by atoms with van der Waals surface area (Å²) < 4.78 is 10.8. The van der Waals surface area contributed by atoms with Crippen molar-refractivity contribution in [2.45, 2.75) is 12.8 Å². The van der Waals surface area contributed by atoms with Crippen molar-refractivity contribution in [3.8, 4) is 17.0 Å². The average Bonchev–Trinajstić information content (AvgIpc) is 3.29. The summed E-state index contributed by atoms with van der Waals surface area (Å²) in [6.07, 6.45) is 1.76. The fraction of sp³-hybridized carbons (Fsp3) is 0.348. The molecule has 0 aliphatic carbocycles. The minimum Gasteiger partial charge on any atom is -0.497 e. The predicted octanol–water partition coefficient (Wildman–Crippen LogP) is 4.01. The van der Waals surface area contributed by atoms with Crippen LogP contribution in [0.3, 0.4) is 0 Å². The molecule has 0 unspecified atom stereocenters. The molecule has 0 atom stereocenters. The van der Waals surface area contributed by atoms with Crippen molar-refractivity contribution >= 4 is 11.4 Å². The number of ether oxygens (including phenoxy) is 1. The third-order valence-electron chi connectivity index (χ3n) is 5.60. The van der Waals surface area contributed by atoms with Crippen molar-refractivity contribution in [1.82, 2.24) is 10.1 Å². The van der Waals surface area contributed by atoms with E-state index in [4.69, 9.17) is 9.26 Å². The molecule has 0 N–H and O–H groups in total. The Morgan fingerprint density at radius 3 is 2.68 bits per heavy atom. The summed E-state index contributed by atoms with van der Waals surface area (Å²) in [5.74, 6) is 1.69. The van der Waals surface area contributed by atoms with Crippen LogP contribution in [-0.2, 0) is 6.42 Å². The molecule has 1 aliphatic heterocycles. The second kappa shape index (κ2) is 9.61. The van der Waals surface area contributed by atoms with Crippen LogP contribution in [0.25, 0.3) is 11.3 Å². The number of nitro benzene ring substituents is 1. The second-order valence-corrected chi connectivity index (χ2v) is 7.62. The molecular formula is C23H26N4O4. The van der Waals surface area contributed by atoms with Crippen LogP contribution in [0.4, 0.5) is 11.4 Å². The number of nitrogens with zero attached hydrogens (tertiary/aromatic N) is 4. The number of anilines is 1. The molecule has 162 valence electrons. The molecule has 1 fully saturated rings. The number of methoxy groups -OCH3 is 1. The second-order valence-electron chi connectivity index (χ2n) is 7.62. The van der Waals surface area contributed by atoms with E-state index in [-0.39, 0.29) is 5.69 Å². The Morgan fingerprint density at radius 1 is 1.10 bits per heavy atom. The Labute approximate surface area is 181 Å². The number of aryl methyl sites for hydroxylation is 1. The Hall–Kier alpha value is -3.39. The van der Waals surface area contributed by atoms with Gasteiger partial charge in [-0.05, 0) is 25.1 Å². The summed E-state index contributed by atoms with van der Waals surface area (Å²) in [4.78, 5) is 15.4. The summed E-state index contributed by atoms with van der Waals surface area (Å²) in [6.45, 7) is 5.02. The van der Waals surface area contributed by atoms with Gasteiger partial charge in [0.15, 0.2) is 0 Å². The van der Waals surface area contributed by atoms with Gasteiger partial charge in [0.05, 0.1) is 12.0 Å². The summed E-state index contributed by atoms with van der Waals surface area (Å²) >= 11 is 0. The van der Waals surface area contributed by atoms with E-state index in [9.17, 15) is 10.1 Å². The standard InChI is InChI=1S/C23H26N4O4/c1-30-21-8-3-6-19(16-21)26-13-11-25(12-14-26)10-4-9-22-17-23(24-31-22)18-5-2-7-20(15-18)27(28)29/h2-3,5-8,15-17H,4,9-14H2,1H3. The topological polar surface area (TPSA) is 84.9 Å².